The maximum absolute atomic E-state index is 12.9. The number of thiophene rings is 1. The predicted octanol–water partition coefficient (Wildman–Crippen LogP) is 3.57. The van der Waals surface area contributed by atoms with E-state index in [0.29, 0.717) is 31.8 Å². The van der Waals surface area contributed by atoms with Gasteiger partial charge in [-0.1, -0.05) is 37.3 Å². The van der Waals surface area contributed by atoms with Crippen LogP contribution in [0.25, 0.3) is 10.2 Å². The lowest BCUT2D eigenvalue weighted by atomic mass is 9.97. The Balaban J connectivity index is 1.52. The summed E-state index contributed by atoms with van der Waals surface area (Å²) in [5.41, 5.74) is 2.18. The summed E-state index contributed by atoms with van der Waals surface area (Å²) in [6, 6.07) is 9.94. The molecular formula is C25H31N3O4S. The van der Waals surface area contributed by atoms with Crippen molar-refractivity contribution in [3.8, 4) is 0 Å². The maximum atomic E-state index is 12.9. The Morgan fingerprint density at radius 1 is 1.24 bits per heavy atom. The monoisotopic (exact) mass is 469 g/mol. The van der Waals surface area contributed by atoms with Gasteiger partial charge in [-0.15, -0.1) is 11.3 Å². The number of aromatic nitrogens is 2. The minimum Gasteiger partial charge on any atom is -0.463 e. The summed E-state index contributed by atoms with van der Waals surface area (Å²) in [7, 11) is 0. The average molecular weight is 470 g/mol. The van der Waals surface area contributed by atoms with Crippen molar-refractivity contribution in [2.75, 3.05) is 13.2 Å². The largest absolute Gasteiger partial charge is 0.463 e. The second-order valence-electron chi connectivity index (χ2n) is 8.65. The highest BCUT2D eigenvalue weighted by Crippen LogP contribution is 2.33. The van der Waals surface area contributed by atoms with Gasteiger partial charge in [0.25, 0.3) is 5.56 Å². The zero-order valence-corrected chi connectivity index (χ0v) is 19.8. The Morgan fingerprint density at radius 3 is 2.82 bits per heavy atom. The van der Waals surface area contributed by atoms with Crippen molar-refractivity contribution in [1.29, 1.82) is 0 Å². The molecule has 0 amide bonds. The number of fused-ring (bicyclic) bond motifs is 3. The predicted molar refractivity (Wildman–Crippen MR) is 129 cm³/mol. The van der Waals surface area contributed by atoms with Crippen LogP contribution in [0.5, 0.6) is 0 Å². The van der Waals surface area contributed by atoms with E-state index in [-0.39, 0.29) is 24.7 Å². The van der Waals surface area contributed by atoms with Gasteiger partial charge >= 0.3 is 5.97 Å². The van der Waals surface area contributed by atoms with Crippen molar-refractivity contribution < 1.29 is 14.6 Å². The molecule has 0 saturated carbocycles. The van der Waals surface area contributed by atoms with Crippen LogP contribution < -0.4 is 5.56 Å². The highest BCUT2D eigenvalue weighted by molar-refractivity contribution is 7.18. The molecule has 176 valence electrons. The zero-order valence-electron chi connectivity index (χ0n) is 19.0. The Morgan fingerprint density at radius 2 is 2.03 bits per heavy atom. The van der Waals surface area contributed by atoms with E-state index in [4.69, 9.17) is 9.72 Å². The number of H-pyrrole nitrogens is 1. The van der Waals surface area contributed by atoms with Crippen molar-refractivity contribution in [1.82, 2.24) is 14.9 Å². The lowest BCUT2D eigenvalue weighted by Gasteiger charge is -2.24. The first kappa shape index (κ1) is 23.6. The molecule has 0 fully saturated rings. The number of aliphatic hydroxyl groups excluding tert-OH is 1. The molecule has 4 rings (SSSR count). The molecule has 8 heteroatoms. The lowest BCUT2D eigenvalue weighted by molar-refractivity contribution is -0.147. The standard InChI is InChI=1S/C25H31N3O4S/c1-2-8-22(30)32-16-18(29)14-28(13-17-9-4-3-5-10-17)15-21-26-24(31)23-19-11-6-7-12-20(19)33-25(23)27-21/h3-5,9-10,18,29H,2,6-8,11-16H2,1H3,(H,26,27,31). The second-order valence-corrected chi connectivity index (χ2v) is 9.73. The van der Waals surface area contributed by atoms with Gasteiger partial charge in [-0.3, -0.25) is 14.5 Å². The molecule has 2 aromatic heterocycles. The number of esters is 1. The number of carbonyl (C=O) groups is 1. The van der Waals surface area contributed by atoms with Gasteiger partial charge < -0.3 is 14.8 Å². The molecule has 1 unspecified atom stereocenters. The highest BCUT2D eigenvalue weighted by atomic mass is 32.1. The fourth-order valence-corrected chi connectivity index (χ4v) is 5.62. The van der Waals surface area contributed by atoms with E-state index >= 15 is 0 Å². The third-order valence-electron chi connectivity index (χ3n) is 5.86. The average Bonchev–Trinajstić information content (AvgIpc) is 3.17. The molecule has 1 aliphatic carbocycles. The van der Waals surface area contributed by atoms with E-state index in [1.165, 1.54) is 10.4 Å². The molecule has 0 spiro atoms. The Labute approximate surface area is 197 Å². The van der Waals surface area contributed by atoms with Gasteiger partial charge in [-0.05, 0) is 43.2 Å². The number of hydrogen-bond acceptors (Lipinski definition) is 7. The molecule has 0 radical (unpaired) electrons. The van der Waals surface area contributed by atoms with E-state index in [1.54, 1.807) is 11.3 Å². The number of rotatable bonds is 10. The van der Waals surface area contributed by atoms with Gasteiger partial charge in [-0.2, -0.15) is 0 Å². The van der Waals surface area contributed by atoms with Crippen LogP contribution in [0.1, 0.15) is 54.4 Å². The number of carbonyl (C=O) groups excluding carboxylic acids is 1. The maximum Gasteiger partial charge on any atom is 0.305 e. The first-order valence-electron chi connectivity index (χ1n) is 11.7. The summed E-state index contributed by atoms with van der Waals surface area (Å²) in [6.07, 6.45) is 4.47. The lowest BCUT2D eigenvalue weighted by Crippen LogP contribution is -2.35. The fourth-order valence-electron chi connectivity index (χ4n) is 4.34. The van der Waals surface area contributed by atoms with Crippen LogP contribution >= 0.6 is 11.3 Å². The summed E-state index contributed by atoms with van der Waals surface area (Å²) in [5.74, 6) is 0.279. The van der Waals surface area contributed by atoms with Crippen molar-refractivity contribution >= 4 is 27.5 Å². The summed E-state index contributed by atoms with van der Waals surface area (Å²) >= 11 is 1.63. The Bertz CT molecular complexity index is 1140. The molecule has 3 aromatic rings. The fraction of sp³-hybridized carbons (Fsp3) is 0.480. The third-order valence-corrected chi connectivity index (χ3v) is 7.04. The molecule has 0 saturated heterocycles. The number of benzene rings is 1. The summed E-state index contributed by atoms with van der Waals surface area (Å²) in [4.78, 5) is 36.4. The van der Waals surface area contributed by atoms with Crippen LogP contribution in [-0.4, -0.2) is 45.2 Å². The molecule has 0 bridgehead atoms. The number of ether oxygens (including phenoxy) is 1. The zero-order chi connectivity index (χ0) is 23.2. The topological polar surface area (TPSA) is 95.5 Å². The number of nitrogens with zero attached hydrogens (tertiary/aromatic N) is 2. The molecule has 1 aromatic carbocycles. The number of aliphatic hydroxyl groups is 1. The van der Waals surface area contributed by atoms with Crippen LogP contribution in [0, 0.1) is 0 Å². The van der Waals surface area contributed by atoms with Crippen LogP contribution in [0.4, 0.5) is 0 Å². The molecule has 0 aliphatic heterocycles. The molecule has 2 N–H and O–H groups in total. The smallest absolute Gasteiger partial charge is 0.305 e. The van der Waals surface area contributed by atoms with Gasteiger partial charge in [-0.25, -0.2) is 4.98 Å². The number of nitrogens with one attached hydrogen (secondary N) is 1. The second kappa shape index (κ2) is 11.0. The minimum atomic E-state index is -0.834. The van der Waals surface area contributed by atoms with E-state index in [0.717, 1.165) is 41.5 Å². The Hall–Kier alpha value is -2.55. The Kier molecular flexibility index (Phi) is 7.90. The van der Waals surface area contributed by atoms with Crippen molar-refractivity contribution in [2.24, 2.45) is 0 Å². The van der Waals surface area contributed by atoms with Gasteiger partial charge in [0.1, 0.15) is 23.4 Å². The van der Waals surface area contributed by atoms with Crippen LogP contribution in [0.2, 0.25) is 0 Å². The highest BCUT2D eigenvalue weighted by Gasteiger charge is 2.21. The first-order valence-corrected chi connectivity index (χ1v) is 12.5. The molecule has 1 aliphatic rings. The van der Waals surface area contributed by atoms with E-state index in [9.17, 15) is 14.7 Å². The number of aromatic amines is 1. The summed E-state index contributed by atoms with van der Waals surface area (Å²) in [5, 5.41) is 11.3. The quantitative estimate of drug-likeness (QED) is 0.441. The summed E-state index contributed by atoms with van der Waals surface area (Å²) in [6.45, 7) is 3.10. The van der Waals surface area contributed by atoms with Crippen LogP contribution in [0.3, 0.4) is 0 Å². The summed E-state index contributed by atoms with van der Waals surface area (Å²) < 4.78 is 5.18. The minimum absolute atomic E-state index is 0.0508. The molecule has 7 nitrogen and oxygen atoms in total. The van der Waals surface area contributed by atoms with Gasteiger partial charge in [0.15, 0.2) is 0 Å². The van der Waals surface area contributed by atoms with Crippen LogP contribution in [-0.2, 0) is 35.5 Å². The molecule has 1 atom stereocenters. The van der Waals surface area contributed by atoms with Crippen molar-refractivity contribution in [2.45, 2.75) is 64.6 Å². The van der Waals surface area contributed by atoms with Crippen LogP contribution in [0.15, 0.2) is 35.1 Å². The molecule has 33 heavy (non-hydrogen) atoms. The molecule has 2 heterocycles. The molecular weight excluding hydrogens is 438 g/mol. The number of aryl methyl sites for hydroxylation is 2. The first-order chi connectivity index (χ1) is 16.0. The van der Waals surface area contributed by atoms with E-state index < -0.39 is 6.10 Å². The van der Waals surface area contributed by atoms with Crippen molar-refractivity contribution in [3.63, 3.8) is 0 Å². The van der Waals surface area contributed by atoms with Gasteiger partial charge in [0.2, 0.25) is 0 Å². The van der Waals surface area contributed by atoms with E-state index in [1.807, 2.05) is 42.2 Å². The normalized spacial score (nSPS) is 14.4. The van der Waals surface area contributed by atoms with Gasteiger partial charge in [0, 0.05) is 24.4 Å². The van der Waals surface area contributed by atoms with Crippen molar-refractivity contribution in [3.05, 3.63) is 62.5 Å². The van der Waals surface area contributed by atoms with E-state index in [2.05, 4.69) is 4.98 Å². The number of hydrogen-bond donors (Lipinski definition) is 2. The van der Waals surface area contributed by atoms with Gasteiger partial charge in [0.05, 0.1) is 11.9 Å². The third kappa shape index (κ3) is 6.07. The SMILES string of the molecule is CCCC(=O)OCC(O)CN(Cc1ccccc1)Cc1nc2sc3c(c2c(=O)[nH]1)CCCC3.